The smallest absolute Gasteiger partial charge is 0.263 e. The van der Waals surface area contributed by atoms with Gasteiger partial charge in [0, 0.05) is 48.2 Å². The van der Waals surface area contributed by atoms with Gasteiger partial charge in [0.05, 0.1) is 10.0 Å². The number of hydrogen-bond acceptors (Lipinski definition) is 3. The highest BCUT2D eigenvalue weighted by molar-refractivity contribution is 6.35. The van der Waals surface area contributed by atoms with Crippen LogP contribution in [0.5, 0.6) is 5.75 Å². The van der Waals surface area contributed by atoms with Crippen molar-refractivity contribution in [2.75, 3.05) is 10.6 Å². The fourth-order valence-electron chi connectivity index (χ4n) is 3.46. The van der Waals surface area contributed by atoms with Crippen LogP contribution in [-0.2, 0) is 0 Å². The molecule has 0 bridgehead atoms. The summed E-state index contributed by atoms with van der Waals surface area (Å²) in [5.74, 6) is -0.287. The molecule has 0 fully saturated rings. The molecule has 35 heavy (non-hydrogen) atoms. The van der Waals surface area contributed by atoms with Crippen molar-refractivity contribution >= 4 is 46.4 Å². The fourth-order valence-corrected chi connectivity index (χ4v) is 4.05. The van der Waals surface area contributed by atoms with Crippen molar-refractivity contribution in [2.24, 2.45) is 0 Å². The van der Waals surface area contributed by atoms with Crippen molar-refractivity contribution in [3.63, 3.8) is 0 Å². The molecule has 0 atom stereocenters. The number of pyridine rings is 2. The van der Waals surface area contributed by atoms with E-state index < -0.39 is 0 Å². The molecule has 0 unspecified atom stereocenters. The zero-order valence-electron chi connectivity index (χ0n) is 18.9. The van der Waals surface area contributed by atoms with Gasteiger partial charge in [0.2, 0.25) is 18.1 Å². The van der Waals surface area contributed by atoms with Gasteiger partial charge in [-0.25, -0.2) is 9.82 Å². The van der Waals surface area contributed by atoms with Gasteiger partial charge in [-0.05, 0) is 24.3 Å². The fraction of sp³-hybridized carbons (Fsp3) is 0.0769. The van der Waals surface area contributed by atoms with E-state index in [1.165, 1.54) is 10.9 Å². The number of nitrogens with one attached hydrogen (secondary N) is 3. The molecule has 9 heteroatoms. The first-order valence-corrected chi connectivity index (χ1v) is 11.4. The Labute approximate surface area is 212 Å². The zero-order valence-corrected chi connectivity index (χ0v) is 20.4. The third-order valence-electron chi connectivity index (χ3n) is 5.03. The molecule has 0 saturated heterocycles. The van der Waals surface area contributed by atoms with E-state index in [2.05, 4.69) is 15.6 Å². The van der Waals surface area contributed by atoms with E-state index in [0.717, 1.165) is 5.69 Å². The van der Waals surface area contributed by atoms with Crippen molar-refractivity contribution in [1.82, 2.24) is 0 Å². The number of hydrogen-bond donors (Lipinski definition) is 2. The normalized spacial score (nSPS) is 10.5. The maximum absolute atomic E-state index is 12.8. The van der Waals surface area contributed by atoms with Crippen LogP contribution in [0.3, 0.4) is 0 Å². The van der Waals surface area contributed by atoms with Crippen LogP contribution in [0.25, 0.3) is 0 Å². The summed E-state index contributed by atoms with van der Waals surface area (Å²) in [7, 11) is 0. The Morgan fingerprint density at radius 2 is 1.57 bits per heavy atom. The quantitative estimate of drug-likeness (QED) is 0.357. The van der Waals surface area contributed by atoms with Gasteiger partial charge < -0.3 is 10.6 Å². The molecule has 0 aliphatic heterocycles. The third kappa shape index (κ3) is 5.95. The zero-order chi connectivity index (χ0) is 24.9. The Morgan fingerprint density at radius 3 is 2.31 bits per heavy atom. The highest BCUT2D eigenvalue weighted by Gasteiger charge is 2.21. The van der Waals surface area contributed by atoms with Crippen LogP contribution in [0.1, 0.15) is 32.1 Å². The number of nitrogens with zero attached hydrogens (tertiary/aromatic N) is 1. The summed E-state index contributed by atoms with van der Waals surface area (Å²) in [4.78, 5) is 34.5. The van der Waals surface area contributed by atoms with Gasteiger partial charge in [0.15, 0.2) is 11.4 Å². The molecular weight excluding hydrogens is 487 g/mol. The van der Waals surface area contributed by atoms with Gasteiger partial charge in [0.1, 0.15) is 11.1 Å². The number of carbonyl (C=O) groups excluding carboxylic acids is 2. The molecule has 7 nitrogen and oxygen atoms in total. The van der Waals surface area contributed by atoms with Crippen LogP contribution in [0.15, 0.2) is 79.1 Å². The number of aromatic nitrogens is 2. The molecule has 2 aromatic heterocycles. The Balaban J connectivity index is 1.50. The number of aromatic amines is 1. The maximum atomic E-state index is 12.8. The highest BCUT2D eigenvalue weighted by Crippen LogP contribution is 2.22. The summed E-state index contributed by atoms with van der Waals surface area (Å²) < 4.78 is 1.36. The number of benzene rings is 2. The average Bonchev–Trinajstić information content (AvgIpc) is 2.80. The summed E-state index contributed by atoms with van der Waals surface area (Å²) in [5.41, 5.74) is 3.29. The molecule has 3 N–H and O–H groups in total. The number of rotatable bonds is 6. The molecule has 2 amide bonds. The van der Waals surface area contributed by atoms with Crippen molar-refractivity contribution in [3.8, 4) is 5.75 Å². The lowest BCUT2D eigenvalue weighted by Gasteiger charge is -2.08. The number of amides is 2. The second kappa shape index (κ2) is 10.5. The second-order valence-electron chi connectivity index (χ2n) is 7.76. The van der Waals surface area contributed by atoms with Crippen LogP contribution in [0.4, 0.5) is 11.4 Å². The molecule has 4 rings (SSSR count). The number of carbonyl (C=O) groups is 2. The van der Waals surface area contributed by atoms with Crippen LogP contribution in [0, 0.1) is 13.8 Å². The Morgan fingerprint density at radius 1 is 0.857 bits per heavy atom. The van der Waals surface area contributed by atoms with Gasteiger partial charge >= 0.3 is 0 Å². The van der Waals surface area contributed by atoms with E-state index in [1.807, 2.05) is 25.1 Å². The van der Waals surface area contributed by atoms with E-state index in [0.29, 0.717) is 33.4 Å². The predicted octanol–water partition coefficient (Wildman–Crippen LogP) is 5.06. The standard InChI is InChI=1S/C26H20Cl2N4O3/c1-16-13-23(28)24(17(2)29-16)26(34)31-19-9-6-10-20(14-19)35-32-12-11-22(27)21(15-32)25(33)30-18-7-4-3-5-8-18/h3-15H,1-2H3,(H-,30,31,33,34)/p+2. The van der Waals surface area contributed by atoms with Gasteiger partial charge in [-0.15, -0.1) is 0 Å². The molecule has 2 aromatic carbocycles. The molecule has 0 saturated carbocycles. The molecule has 2 heterocycles. The van der Waals surface area contributed by atoms with E-state index in [1.54, 1.807) is 61.7 Å². The average molecular weight is 509 g/mol. The third-order valence-corrected chi connectivity index (χ3v) is 5.66. The summed E-state index contributed by atoms with van der Waals surface area (Å²) >= 11 is 12.5. The number of aryl methyl sites for hydroxylation is 2. The minimum absolute atomic E-state index is 0.239. The van der Waals surface area contributed by atoms with Crippen molar-refractivity contribution in [3.05, 3.63) is 112 Å². The lowest BCUT2D eigenvalue weighted by molar-refractivity contribution is -0.875. The van der Waals surface area contributed by atoms with Gasteiger partial charge in [-0.1, -0.05) is 47.5 Å². The van der Waals surface area contributed by atoms with Crippen LogP contribution in [-0.4, -0.2) is 11.8 Å². The Kier molecular flexibility index (Phi) is 7.29. The topological polar surface area (TPSA) is 85.5 Å². The number of para-hydroxylation sites is 1. The van der Waals surface area contributed by atoms with Crippen LogP contribution < -0.4 is 25.2 Å². The van der Waals surface area contributed by atoms with Crippen LogP contribution >= 0.6 is 23.2 Å². The Hall–Kier alpha value is -3.94. The first kappa shape index (κ1) is 24.2. The minimum atomic E-state index is -0.373. The second-order valence-corrected chi connectivity index (χ2v) is 8.57. The summed E-state index contributed by atoms with van der Waals surface area (Å²) in [5, 5.41) is 6.27. The van der Waals surface area contributed by atoms with Gasteiger partial charge in [-0.3, -0.25) is 9.59 Å². The minimum Gasteiger partial charge on any atom is -0.322 e. The monoisotopic (exact) mass is 508 g/mol. The summed E-state index contributed by atoms with van der Waals surface area (Å²) in [6, 6.07) is 19.2. The van der Waals surface area contributed by atoms with E-state index in [9.17, 15) is 9.59 Å². The van der Waals surface area contributed by atoms with E-state index in [-0.39, 0.29) is 22.4 Å². The molecule has 0 spiro atoms. The highest BCUT2D eigenvalue weighted by atomic mass is 35.5. The lowest BCUT2D eigenvalue weighted by Crippen LogP contribution is -2.40. The van der Waals surface area contributed by atoms with E-state index in [4.69, 9.17) is 28.0 Å². The van der Waals surface area contributed by atoms with Gasteiger partial charge in [-0.2, -0.15) is 0 Å². The predicted molar refractivity (Wildman–Crippen MR) is 134 cm³/mol. The number of H-pyrrole nitrogens is 1. The molecule has 0 aliphatic carbocycles. The van der Waals surface area contributed by atoms with Crippen molar-refractivity contribution in [1.29, 1.82) is 0 Å². The first-order chi connectivity index (χ1) is 16.8. The van der Waals surface area contributed by atoms with Gasteiger partial charge in [0.25, 0.3) is 11.8 Å². The SMILES string of the molecule is Cc1cc(Cl)c(C(=O)Nc2cccc(O[n+]3ccc(Cl)c(C(=O)Nc4ccccc4)c3)c2)c(C)[nH+]1. The first-order valence-electron chi connectivity index (χ1n) is 10.7. The molecule has 0 aliphatic rings. The number of anilines is 2. The molecule has 176 valence electrons. The van der Waals surface area contributed by atoms with Crippen molar-refractivity contribution in [2.45, 2.75) is 13.8 Å². The number of halogens is 2. The molecule has 0 radical (unpaired) electrons. The summed E-state index contributed by atoms with van der Waals surface area (Å²) in [6.07, 6.45) is 3.06. The molecular formula is C26H22Cl2N4O3+2. The summed E-state index contributed by atoms with van der Waals surface area (Å²) in [6.45, 7) is 3.66. The molecule has 4 aromatic rings. The van der Waals surface area contributed by atoms with E-state index >= 15 is 0 Å². The Bertz CT molecular complexity index is 1390. The lowest BCUT2D eigenvalue weighted by atomic mass is 10.1. The van der Waals surface area contributed by atoms with Crippen LogP contribution in [0.2, 0.25) is 10.0 Å². The van der Waals surface area contributed by atoms with Crippen molar-refractivity contribution < 1.29 is 24.1 Å². The maximum Gasteiger partial charge on any atom is 0.263 e. The largest absolute Gasteiger partial charge is 0.322 e.